The fourth-order valence-corrected chi connectivity index (χ4v) is 4.69. The molecule has 10 nitrogen and oxygen atoms in total. The molecule has 11 heteroatoms. The quantitative estimate of drug-likeness (QED) is 0.373. The Morgan fingerprint density at radius 2 is 1.76 bits per heavy atom. The van der Waals surface area contributed by atoms with Crippen LogP contribution in [0.5, 0.6) is 0 Å². The summed E-state index contributed by atoms with van der Waals surface area (Å²) in [6.07, 6.45) is 0.178. The van der Waals surface area contributed by atoms with Gasteiger partial charge in [0.15, 0.2) is 5.13 Å². The standard InChI is InChI=1S/C22H24N4O6S/c1-4-11(9-13-18(29)24-21(32)25-19(13)30)16(27)12(5-2)17(28)20(31)26-22-23-14-7-6-10(3)8-15(14)33-22/h6-8,11-13H,4-5,9H2,1-3H3,(H,23,26,31)(H2,24,25,29,30,32)/t11-,12-/m1/s1. The van der Waals surface area contributed by atoms with Crippen LogP contribution in [-0.2, 0) is 24.0 Å². The van der Waals surface area contributed by atoms with Crippen LogP contribution in [-0.4, -0.2) is 40.3 Å². The summed E-state index contributed by atoms with van der Waals surface area (Å²) < 4.78 is 0.856. The van der Waals surface area contributed by atoms with Crippen LogP contribution < -0.4 is 16.0 Å². The number of Topliss-reactive ketones (excluding diaryl/α,β-unsaturated/α-hetero) is 2. The molecule has 0 spiro atoms. The van der Waals surface area contributed by atoms with Crippen LogP contribution in [0.25, 0.3) is 10.2 Å². The molecule has 1 fully saturated rings. The summed E-state index contributed by atoms with van der Waals surface area (Å²) >= 11 is 1.22. The minimum absolute atomic E-state index is 0.0855. The number of fused-ring (bicyclic) bond motifs is 1. The summed E-state index contributed by atoms with van der Waals surface area (Å²) in [5, 5.41) is 6.72. The predicted molar refractivity (Wildman–Crippen MR) is 120 cm³/mol. The van der Waals surface area contributed by atoms with Gasteiger partial charge in [-0.3, -0.25) is 39.9 Å². The number of benzene rings is 1. The number of carbonyl (C=O) groups is 6. The zero-order valence-corrected chi connectivity index (χ0v) is 19.2. The highest BCUT2D eigenvalue weighted by molar-refractivity contribution is 7.22. The van der Waals surface area contributed by atoms with Crippen molar-refractivity contribution in [3.05, 3.63) is 23.8 Å². The normalized spacial score (nSPS) is 16.2. The lowest BCUT2D eigenvalue weighted by Crippen LogP contribution is -2.56. The number of carbonyl (C=O) groups excluding carboxylic acids is 6. The number of rotatable bonds is 9. The van der Waals surface area contributed by atoms with Gasteiger partial charge in [0.1, 0.15) is 11.7 Å². The van der Waals surface area contributed by atoms with E-state index in [1.165, 1.54) is 11.3 Å². The first kappa shape index (κ1) is 24.2. The Kier molecular flexibility index (Phi) is 7.32. The van der Waals surface area contributed by atoms with Crippen LogP contribution in [0.1, 0.15) is 38.7 Å². The van der Waals surface area contributed by atoms with Gasteiger partial charge in [-0.2, -0.15) is 0 Å². The molecule has 0 saturated carbocycles. The van der Waals surface area contributed by atoms with E-state index in [-0.39, 0.29) is 24.4 Å². The minimum Gasteiger partial charge on any atom is -0.299 e. The number of aryl methyl sites for hydroxylation is 1. The minimum atomic E-state index is -1.23. The van der Waals surface area contributed by atoms with Gasteiger partial charge in [0, 0.05) is 5.92 Å². The fraction of sp³-hybridized carbons (Fsp3) is 0.409. The van der Waals surface area contributed by atoms with Crippen LogP contribution >= 0.6 is 11.3 Å². The SMILES string of the molecule is CC[C@H](CC1C(=O)NC(=O)NC1=O)C(=O)[C@@H](CC)C(=O)C(=O)Nc1nc2ccc(C)cc2s1. The first-order valence-corrected chi connectivity index (χ1v) is 11.4. The number of thiazole rings is 1. The fourth-order valence-electron chi connectivity index (χ4n) is 3.73. The third-order valence-electron chi connectivity index (χ3n) is 5.58. The molecular formula is C22H24N4O6S. The van der Waals surface area contributed by atoms with Gasteiger partial charge in [-0.05, 0) is 43.9 Å². The monoisotopic (exact) mass is 472 g/mol. The maximum atomic E-state index is 13.1. The Hall–Kier alpha value is -3.47. The van der Waals surface area contributed by atoms with Gasteiger partial charge in [-0.25, -0.2) is 9.78 Å². The van der Waals surface area contributed by atoms with Crippen molar-refractivity contribution in [1.29, 1.82) is 0 Å². The van der Waals surface area contributed by atoms with Crippen molar-refractivity contribution in [2.24, 2.45) is 17.8 Å². The first-order valence-electron chi connectivity index (χ1n) is 10.6. The van der Waals surface area contributed by atoms with Crippen LogP contribution in [0.4, 0.5) is 9.93 Å². The van der Waals surface area contributed by atoms with Gasteiger partial charge in [0.05, 0.1) is 16.1 Å². The number of ketones is 2. The van der Waals surface area contributed by atoms with E-state index in [4.69, 9.17) is 0 Å². The summed E-state index contributed by atoms with van der Waals surface area (Å²) in [7, 11) is 0. The number of nitrogens with zero attached hydrogens (tertiary/aromatic N) is 1. The molecule has 174 valence electrons. The highest BCUT2D eigenvalue weighted by Gasteiger charge is 2.40. The number of barbiturate groups is 1. The molecule has 2 heterocycles. The highest BCUT2D eigenvalue weighted by atomic mass is 32.1. The van der Waals surface area contributed by atoms with E-state index in [0.29, 0.717) is 5.52 Å². The molecule has 0 bridgehead atoms. The van der Waals surface area contributed by atoms with Crippen LogP contribution in [0.15, 0.2) is 18.2 Å². The summed E-state index contributed by atoms with van der Waals surface area (Å²) in [6, 6.07) is 4.70. The number of hydrogen-bond acceptors (Lipinski definition) is 8. The van der Waals surface area contributed by atoms with Crippen LogP contribution in [0.3, 0.4) is 0 Å². The Morgan fingerprint density at radius 3 is 2.36 bits per heavy atom. The maximum Gasteiger partial charge on any atom is 0.328 e. The zero-order valence-electron chi connectivity index (χ0n) is 18.4. The molecule has 1 aromatic heterocycles. The molecule has 1 aliphatic heterocycles. The van der Waals surface area contributed by atoms with E-state index in [1.807, 2.05) is 35.8 Å². The van der Waals surface area contributed by atoms with Crippen molar-refractivity contribution in [2.75, 3.05) is 5.32 Å². The summed E-state index contributed by atoms with van der Waals surface area (Å²) in [6.45, 7) is 5.23. The Balaban J connectivity index is 1.70. The van der Waals surface area contributed by atoms with Gasteiger partial charge >= 0.3 is 6.03 Å². The molecule has 3 N–H and O–H groups in total. The van der Waals surface area contributed by atoms with Gasteiger partial charge < -0.3 is 0 Å². The number of hydrogen-bond donors (Lipinski definition) is 3. The summed E-state index contributed by atoms with van der Waals surface area (Å²) in [4.78, 5) is 78.1. The smallest absolute Gasteiger partial charge is 0.299 e. The summed E-state index contributed by atoms with van der Waals surface area (Å²) in [5.41, 5.74) is 1.72. The van der Waals surface area contributed by atoms with Crippen LogP contribution in [0.2, 0.25) is 0 Å². The van der Waals surface area contributed by atoms with E-state index in [1.54, 1.807) is 13.8 Å². The predicted octanol–water partition coefficient (Wildman–Crippen LogP) is 2.11. The van der Waals surface area contributed by atoms with Crippen molar-refractivity contribution in [3.8, 4) is 0 Å². The highest BCUT2D eigenvalue weighted by Crippen LogP contribution is 2.28. The number of anilines is 1. The molecule has 2 aromatic rings. The van der Waals surface area contributed by atoms with Crippen molar-refractivity contribution in [1.82, 2.24) is 15.6 Å². The number of imide groups is 2. The van der Waals surface area contributed by atoms with Crippen LogP contribution in [0, 0.1) is 24.7 Å². The zero-order chi connectivity index (χ0) is 24.3. The molecule has 0 unspecified atom stereocenters. The van der Waals surface area contributed by atoms with Gasteiger partial charge in [0.25, 0.3) is 5.91 Å². The Labute approximate surface area is 193 Å². The maximum absolute atomic E-state index is 13.1. The van der Waals surface area contributed by atoms with E-state index < -0.39 is 53.1 Å². The molecule has 1 saturated heterocycles. The summed E-state index contributed by atoms with van der Waals surface area (Å²) in [5.74, 6) is -7.21. The molecular weight excluding hydrogens is 448 g/mol. The molecule has 3 rings (SSSR count). The van der Waals surface area contributed by atoms with E-state index in [0.717, 1.165) is 10.3 Å². The van der Waals surface area contributed by atoms with E-state index in [2.05, 4.69) is 10.3 Å². The third kappa shape index (κ3) is 5.30. The lowest BCUT2D eigenvalue weighted by atomic mass is 9.80. The van der Waals surface area contributed by atoms with E-state index >= 15 is 0 Å². The second kappa shape index (κ2) is 9.99. The average Bonchev–Trinajstić information content (AvgIpc) is 3.14. The third-order valence-corrected chi connectivity index (χ3v) is 6.51. The largest absolute Gasteiger partial charge is 0.328 e. The molecule has 1 aromatic carbocycles. The lowest BCUT2D eigenvalue weighted by molar-refractivity contribution is -0.143. The number of aromatic nitrogens is 1. The van der Waals surface area contributed by atoms with Crippen molar-refractivity contribution in [3.63, 3.8) is 0 Å². The number of urea groups is 1. The average molecular weight is 473 g/mol. The Morgan fingerprint density at radius 1 is 1.09 bits per heavy atom. The van der Waals surface area contributed by atoms with Crippen molar-refractivity contribution >= 4 is 62.0 Å². The molecule has 2 atom stereocenters. The first-order chi connectivity index (χ1) is 15.6. The molecule has 5 amide bonds. The van der Waals surface area contributed by atoms with Crippen molar-refractivity contribution < 1.29 is 28.8 Å². The lowest BCUT2D eigenvalue weighted by Gasteiger charge is -2.25. The van der Waals surface area contributed by atoms with Gasteiger partial charge in [-0.15, -0.1) is 0 Å². The second-order valence-electron chi connectivity index (χ2n) is 7.87. The number of amides is 5. The van der Waals surface area contributed by atoms with Gasteiger partial charge in [-0.1, -0.05) is 31.3 Å². The molecule has 0 aliphatic carbocycles. The topological polar surface area (TPSA) is 151 Å². The second-order valence-corrected chi connectivity index (χ2v) is 8.90. The Bertz CT molecular complexity index is 1140. The number of nitrogens with one attached hydrogen (secondary N) is 3. The molecule has 33 heavy (non-hydrogen) atoms. The van der Waals surface area contributed by atoms with Gasteiger partial charge in [0.2, 0.25) is 17.6 Å². The van der Waals surface area contributed by atoms with Crippen molar-refractivity contribution in [2.45, 2.75) is 40.0 Å². The van der Waals surface area contributed by atoms with E-state index in [9.17, 15) is 28.8 Å². The molecule has 0 radical (unpaired) electrons. The molecule has 1 aliphatic rings.